The average molecular weight is 219 g/mol. The van der Waals surface area contributed by atoms with E-state index in [-0.39, 0.29) is 5.78 Å². The summed E-state index contributed by atoms with van der Waals surface area (Å²) < 4.78 is 2.04. The number of Topliss-reactive ketones (excluding diaryl/α,β-unsaturated/α-hetero) is 1. The highest BCUT2D eigenvalue weighted by atomic mass is 16.1. The van der Waals surface area contributed by atoms with Gasteiger partial charge in [0, 0.05) is 12.7 Å². The largest absolute Gasteiger partial charge is 0.304 e. The Labute approximate surface area is 95.0 Å². The minimum absolute atomic E-state index is 0.184. The molecular weight excluding hydrogens is 202 g/mol. The van der Waals surface area contributed by atoms with Crippen molar-refractivity contribution in [3.63, 3.8) is 0 Å². The quantitative estimate of drug-likeness (QED) is 0.781. The molecule has 1 N–H and O–H groups in total. The number of hydrogen-bond donors (Lipinski definition) is 1. The third-order valence-electron chi connectivity index (χ3n) is 3.64. The molecule has 2 aliphatic rings. The summed E-state index contributed by atoms with van der Waals surface area (Å²) in [6, 6.07) is 0.521. The molecule has 0 aromatic carbocycles. The molecule has 4 nitrogen and oxygen atoms in total. The number of fused-ring (bicyclic) bond motifs is 1. The van der Waals surface area contributed by atoms with Crippen LogP contribution in [0.3, 0.4) is 0 Å². The second-order valence-corrected chi connectivity index (χ2v) is 4.79. The van der Waals surface area contributed by atoms with Crippen LogP contribution in [0.25, 0.3) is 0 Å². The van der Waals surface area contributed by atoms with Crippen molar-refractivity contribution >= 4 is 5.78 Å². The van der Waals surface area contributed by atoms with Gasteiger partial charge in [-0.3, -0.25) is 9.48 Å². The van der Waals surface area contributed by atoms with Gasteiger partial charge in [0.15, 0.2) is 5.78 Å². The molecule has 1 aliphatic carbocycles. The summed E-state index contributed by atoms with van der Waals surface area (Å²) in [7, 11) is 0. The van der Waals surface area contributed by atoms with E-state index in [0.717, 1.165) is 17.8 Å². The molecule has 16 heavy (non-hydrogen) atoms. The van der Waals surface area contributed by atoms with E-state index in [9.17, 15) is 4.79 Å². The van der Waals surface area contributed by atoms with E-state index in [1.165, 1.54) is 32.1 Å². The second kappa shape index (κ2) is 4.01. The van der Waals surface area contributed by atoms with Crippen LogP contribution < -0.4 is 5.32 Å². The van der Waals surface area contributed by atoms with Crippen molar-refractivity contribution in [2.24, 2.45) is 0 Å². The molecule has 86 valence electrons. The van der Waals surface area contributed by atoms with Crippen LogP contribution in [0.2, 0.25) is 0 Å². The van der Waals surface area contributed by atoms with E-state index in [1.54, 1.807) is 0 Å². The Morgan fingerprint density at radius 2 is 2.06 bits per heavy atom. The van der Waals surface area contributed by atoms with Crippen molar-refractivity contribution in [3.8, 4) is 0 Å². The van der Waals surface area contributed by atoms with E-state index in [1.807, 2.05) is 10.9 Å². The Bertz CT molecular complexity index is 404. The predicted octanol–water partition coefficient (Wildman–Crippen LogP) is 1.67. The molecule has 4 heteroatoms. The zero-order valence-electron chi connectivity index (χ0n) is 9.41. The van der Waals surface area contributed by atoms with Crippen molar-refractivity contribution in [1.82, 2.24) is 15.1 Å². The highest BCUT2D eigenvalue weighted by Gasteiger charge is 2.23. The number of aromatic nitrogens is 2. The molecule has 0 atom stereocenters. The number of carbonyl (C=O) groups excluding carboxylic acids is 1. The summed E-state index contributed by atoms with van der Waals surface area (Å²) in [6.07, 6.45) is 8.32. The van der Waals surface area contributed by atoms with Gasteiger partial charge in [-0.1, -0.05) is 19.3 Å². The standard InChI is InChI=1S/C12H17N3O/c16-12-7-13-6-11-10(12)8-15(14-11)9-4-2-1-3-5-9/h8-9,13H,1-7H2. The topological polar surface area (TPSA) is 46.9 Å². The Kier molecular flexibility index (Phi) is 2.52. The Morgan fingerprint density at radius 3 is 2.81 bits per heavy atom. The number of carbonyl (C=O) groups is 1. The van der Waals surface area contributed by atoms with Gasteiger partial charge in [0.2, 0.25) is 0 Å². The van der Waals surface area contributed by atoms with Gasteiger partial charge >= 0.3 is 0 Å². The molecule has 0 spiro atoms. The van der Waals surface area contributed by atoms with E-state index < -0.39 is 0 Å². The first-order valence-electron chi connectivity index (χ1n) is 6.16. The lowest BCUT2D eigenvalue weighted by molar-refractivity contribution is 0.0982. The van der Waals surface area contributed by atoms with Crippen LogP contribution in [0, 0.1) is 0 Å². The van der Waals surface area contributed by atoms with Crippen LogP contribution in [0.4, 0.5) is 0 Å². The van der Waals surface area contributed by atoms with E-state index in [0.29, 0.717) is 12.6 Å². The van der Waals surface area contributed by atoms with Crippen molar-refractivity contribution in [3.05, 3.63) is 17.5 Å². The lowest BCUT2D eigenvalue weighted by atomic mass is 9.96. The number of nitrogens with one attached hydrogen (secondary N) is 1. The zero-order valence-corrected chi connectivity index (χ0v) is 9.41. The summed E-state index contributed by atoms with van der Waals surface area (Å²) in [5.41, 5.74) is 1.77. The fraction of sp³-hybridized carbons (Fsp3) is 0.667. The fourth-order valence-corrected chi connectivity index (χ4v) is 2.71. The maximum atomic E-state index is 11.7. The first-order chi connectivity index (χ1) is 7.84. The number of ketones is 1. The second-order valence-electron chi connectivity index (χ2n) is 4.79. The average Bonchev–Trinajstić information content (AvgIpc) is 2.76. The Morgan fingerprint density at radius 1 is 1.25 bits per heavy atom. The highest BCUT2D eigenvalue weighted by Crippen LogP contribution is 2.28. The Hall–Kier alpha value is -1.16. The molecule has 1 aliphatic heterocycles. The third kappa shape index (κ3) is 1.67. The molecule has 0 saturated heterocycles. The third-order valence-corrected chi connectivity index (χ3v) is 3.64. The molecule has 0 unspecified atom stereocenters. The lowest BCUT2D eigenvalue weighted by Gasteiger charge is -2.21. The van der Waals surface area contributed by atoms with E-state index in [2.05, 4.69) is 10.4 Å². The number of nitrogens with zero attached hydrogens (tertiary/aromatic N) is 2. The highest BCUT2D eigenvalue weighted by molar-refractivity contribution is 5.99. The molecule has 3 rings (SSSR count). The van der Waals surface area contributed by atoms with Crippen molar-refractivity contribution in [2.75, 3.05) is 6.54 Å². The van der Waals surface area contributed by atoms with Crippen LogP contribution >= 0.6 is 0 Å². The van der Waals surface area contributed by atoms with Gasteiger partial charge in [0.25, 0.3) is 0 Å². The summed E-state index contributed by atoms with van der Waals surface area (Å²) >= 11 is 0. The summed E-state index contributed by atoms with van der Waals surface area (Å²) in [6.45, 7) is 1.20. The van der Waals surface area contributed by atoms with E-state index in [4.69, 9.17) is 0 Å². The lowest BCUT2D eigenvalue weighted by Crippen LogP contribution is -2.29. The van der Waals surface area contributed by atoms with Gasteiger partial charge in [-0.25, -0.2) is 0 Å². The molecular formula is C12H17N3O. The monoisotopic (exact) mass is 219 g/mol. The van der Waals surface area contributed by atoms with Gasteiger partial charge in [-0.15, -0.1) is 0 Å². The molecule has 1 fully saturated rings. The molecule has 0 bridgehead atoms. The van der Waals surface area contributed by atoms with E-state index >= 15 is 0 Å². The number of rotatable bonds is 1. The van der Waals surface area contributed by atoms with Gasteiger partial charge in [0.05, 0.1) is 23.8 Å². The molecule has 2 heterocycles. The summed E-state index contributed by atoms with van der Waals surface area (Å²) in [5, 5.41) is 7.64. The van der Waals surface area contributed by atoms with Crippen LogP contribution in [0.1, 0.15) is 54.2 Å². The molecule has 1 aromatic heterocycles. The smallest absolute Gasteiger partial charge is 0.180 e. The maximum absolute atomic E-state index is 11.7. The number of hydrogen-bond acceptors (Lipinski definition) is 3. The zero-order chi connectivity index (χ0) is 11.0. The maximum Gasteiger partial charge on any atom is 0.180 e. The minimum Gasteiger partial charge on any atom is -0.304 e. The molecule has 0 amide bonds. The van der Waals surface area contributed by atoms with Crippen LogP contribution in [-0.4, -0.2) is 22.1 Å². The van der Waals surface area contributed by atoms with Gasteiger partial charge in [0.1, 0.15) is 0 Å². The molecule has 0 radical (unpaired) electrons. The van der Waals surface area contributed by atoms with Gasteiger partial charge in [-0.05, 0) is 12.8 Å². The fourth-order valence-electron chi connectivity index (χ4n) is 2.71. The predicted molar refractivity (Wildman–Crippen MR) is 60.4 cm³/mol. The van der Waals surface area contributed by atoms with Crippen LogP contribution in [-0.2, 0) is 6.54 Å². The normalized spacial score (nSPS) is 22.1. The minimum atomic E-state index is 0.184. The summed E-state index contributed by atoms with van der Waals surface area (Å²) in [4.78, 5) is 11.7. The summed E-state index contributed by atoms with van der Waals surface area (Å²) in [5.74, 6) is 0.184. The SMILES string of the molecule is O=C1CNCc2nn(C3CCCCC3)cc21. The van der Waals surface area contributed by atoms with Gasteiger partial charge in [-0.2, -0.15) is 5.10 Å². The van der Waals surface area contributed by atoms with Crippen molar-refractivity contribution in [1.29, 1.82) is 0 Å². The van der Waals surface area contributed by atoms with Crippen molar-refractivity contribution in [2.45, 2.75) is 44.7 Å². The molecule has 1 saturated carbocycles. The van der Waals surface area contributed by atoms with Crippen LogP contribution in [0.5, 0.6) is 0 Å². The Balaban J connectivity index is 1.88. The van der Waals surface area contributed by atoms with Crippen molar-refractivity contribution < 1.29 is 4.79 Å². The molecule has 1 aromatic rings. The first-order valence-corrected chi connectivity index (χ1v) is 6.16. The first kappa shape index (κ1) is 10.0. The van der Waals surface area contributed by atoms with Gasteiger partial charge < -0.3 is 5.32 Å². The van der Waals surface area contributed by atoms with Crippen LogP contribution in [0.15, 0.2) is 6.20 Å².